The van der Waals surface area contributed by atoms with E-state index < -0.39 is 0 Å². The van der Waals surface area contributed by atoms with Crippen molar-refractivity contribution < 1.29 is 14.3 Å². The van der Waals surface area contributed by atoms with Crippen molar-refractivity contribution in [3.05, 3.63) is 65.9 Å². The summed E-state index contributed by atoms with van der Waals surface area (Å²) in [5.41, 5.74) is 3.43. The van der Waals surface area contributed by atoms with Crippen LogP contribution in [0.25, 0.3) is 10.9 Å². The van der Waals surface area contributed by atoms with Gasteiger partial charge in [0.05, 0.1) is 18.3 Å². The lowest BCUT2D eigenvalue weighted by Gasteiger charge is -2.11. The van der Waals surface area contributed by atoms with Gasteiger partial charge in [-0.3, -0.25) is 0 Å². The normalized spacial score (nSPS) is 10.8. The van der Waals surface area contributed by atoms with E-state index in [1.807, 2.05) is 36.4 Å². The third kappa shape index (κ3) is 3.13. The van der Waals surface area contributed by atoms with Crippen LogP contribution in [0.2, 0.25) is 0 Å². The molecule has 4 nitrogen and oxygen atoms in total. The number of nitrogens with zero attached hydrogens (tertiary/aromatic N) is 1. The molecule has 0 aliphatic carbocycles. The van der Waals surface area contributed by atoms with E-state index in [-0.39, 0.29) is 12.6 Å². The van der Waals surface area contributed by atoms with Crippen molar-refractivity contribution in [1.82, 2.24) is 4.57 Å². The fourth-order valence-corrected chi connectivity index (χ4v) is 2.97. The molecule has 3 aromatic rings. The van der Waals surface area contributed by atoms with E-state index in [2.05, 4.69) is 34.4 Å². The van der Waals surface area contributed by atoms with Crippen LogP contribution < -0.4 is 4.74 Å². The Morgan fingerprint density at radius 2 is 1.75 bits per heavy atom. The highest BCUT2D eigenvalue weighted by Crippen LogP contribution is 2.34. The smallest absolute Gasteiger partial charge is 0.343 e. The van der Waals surface area contributed by atoms with E-state index in [0.29, 0.717) is 0 Å². The van der Waals surface area contributed by atoms with Gasteiger partial charge in [-0.1, -0.05) is 49.4 Å². The number of esters is 1. The van der Waals surface area contributed by atoms with Crippen molar-refractivity contribution in [2.24, 2.45) is 0 Å². The van der Waals surface area contributed by atoms with Crippen LogP contribution in [0.5, 0.6) is 5.75 Å². The molecule has 1 aromatic heterocycles. The minimum atomic E-state index is -0.378. The zero-order valence-corrected chi connectivity index (χ0v) is 14.0. The van der Waals surface area contributed by atoms with E-state index in [4.69, 9.17) is 4.74 Å². The highest BCUT2D eigenvalue weighted by molar-refractivity contribution is 5.89. The summed E-state index contributed by atoms with van der Waals surface area (Å²) in [7, 11) is 1.37. The van der Waals surface area contributed by atoms with Gasteiger partial charge in [-0.05, 0) is 24.1 Å². The van der Waals surface area contributed by atoms with E-state index in [0.717, 1.165) is 35.3 Å². The summed E-state index contributed by atoms with van der Waals surface area (Å²) in [5, 5.41) is 1.02. The van der Waals surface area contributed by atoms with Crippen molar-refractivity contribution in [2.75, 3.05) is 13.7 Å². The second kappa shape index (κ2) is 7.21. The third-order valence-corrected chi connectivity index (χ3v) is 4.11. The molecular weight excluding hydrogens is 302 g/mol. The molecule has 2 aromatic carbocycles. The minimum absolute atomic E-state index is 0.0805. The molecule has 0 unspecified atom stereocenters. The Balaban J connectivity index is 2.05. The first-order chi connectivity index (χ1) is 11.7. The van der Waals surface area contributed by atoms with Gasteiger partial charge in [-0.25, -0.2) is 4.79 Å². The Morgan fingerprint density at radius 1 is 1.04 bits per heavy atom. The van der Waals surface area contributed by atoms with Crippen molar-refractivity contribution in [1.29, 1.82) is 0 Å². The number of fused-ring (bicyclic) bond motifs is 1. The van der Waals surface area contributed by atoms with Crippen molar-refractivity contribution >= 4 is 16.9 Å². The molecule has 0 saturated carbocycles. The maximum absolute atomic E-state index is 11.5. The molecule has 4 heteroatoms. The standard InChI is InChI=1S/C20H21NO3/c1-3-17-20(24-14-19(22)23-2)16-11-7-8-12-18(16)21(17)13-15-9-5-4-6-10-15/h4-12H,3,13-14H2,1-2H3. The highest BCUT2D eigenvalue weighted by Gasteiger charge is 2.18. The lowest BCUT2D eigenvalue weighted by Crippen LogP contribution is -2.13. The van der Waals surface area contributed by atoms with Gasteiger partial charge in [0.15, 0.2) is 6.61 Å². The van der Waals surface area contributed by atoms with E-state index in [1.165, 1.54) is 12.7 Å². The maximum atomic E-state index is 11.5. The lowest BCUT2D eigenvalue weighted by atomic mass is 10.2. The molecule has 0 bridgehead atoms. The number of carbonyl (C=O) groups excluding carboxylic acids is 1. The Kier molecular flexibility index (Phi) is 4.85. The van der Waals surface area contributed by atoms with Gasteiger partial charge in [0.1, 0.15) is 5.75 Å². The number of hydrogen-bond donors (Lipinski definition) is 0. The molecule has 0 spiro atoms. The topological polar surface area (TPSA) is 40.5 Å². The molecule has 24 heavy (non-hydrogen) atoms. The molecule has 0 saturated heterocycles. The Labute approximate surface area is 141 Å². The van der Waals surface area contributed by atoms with Crippen molar-refractivity contribution in [2.45, 2.75) is 19.9 Å². The molecule has 0 N–H and O–H groups in total. The zero-order chi connectivity index (χ0) is 16.9. The molecule has 124 valence electrons. The van der Waals surface area contributed by atoms with Crippen LogP contribution in [-0.4, -0.2) is 24.3 Å². The van der Waals surface area contributed by atoms with Gasteiger partial charge in [0.2, 0.25) is 0 Å². The summed E-state index contributed by atoms with van der Waals surface area (Å²) in [4.78, 5) is 11.5. The van der Waals surface area contributed by atoms with Crippen LogP contribution in [0.4, 0.5) is 0 Å². The first kappa shape index (κ1) is 16.1. The molecule has 1 heterocycles. The number of hydrogen-bond acceptors (Lipinski definition) is 3. The summed E-state index contributed by atoms with van der Waals surface area (Å²) in [6.45, 7) is 2.79. The molecule has 0 aliphatic rings. The molecule has 0 aliphatic heterocycles. The first-order valence-corrected chi connectivity index (χ1v) is 8.08. The van der Waals surface area contributed by atoms with Crippen LogP contribution in [-0.2, 0) is 22.5 Å². The maximum Gasteiger partial charge on any atom is 0.343 e. The van der Waals surface area contributed by atoms with E-state index in [9.17, 15) is 4.79 Å². The van der Waals surface area contributed by atoms with Gasteiger partial charge in [0, 0.05) is 11.9 Å². The van der Waals surface area contributed by atoms with Crippen LogP contribution in [0.3, 0.4) is 0 Å². The lowest BCUT2D eigenvalue weighted by molar-refractivity contribution is -0.142. The largest absolute Gasteiger partial charge is 0.479 e. The average molecular weight is 323 g/mol. The predicted octanol–water partition coefficient (Wildman–Crippen LogP) is 3.80. The van der Waals surface area contributed by atoms with Gasteiger partial charge in [-0.15, -0.1) is 0 Å². The van der Waals surface area contributed by atoms with Gasteiger partial charge in [0.25, 0.3) is 0 Å². The second-order valence-electron chi connectivity index (χ2n) is 5.58. The molecule has 3 rings (SSSR count). The number of rotatable bonds is 6. The highest BCUT2D eigenvalue weighted by atomic mass is 16.6. The fraction of sp³-hybridized carbons (Fsp3) is 0.250. The summed E-state index contributed by atoms with van der Waals surface area (Å²) in [6.07, 6.45) is 0.817. The van der Waals surface area contributed by atoms with Crippen LogP contribution in [0.1, 0.15) is 18.2 Å². The average Bonchev–Trinajstić information content (AvgIpc) is 2.93. The summed E-state index contributed by atoms with van der Waals surface area (Å²) >= 11 is 0. The minimum Gasteiger partial charge on any atom is -0.479 e. The fourth-order valence-electron chi connectivity index (χ4n) is 2.97. The molecule has 0 fully saturated rings. The van der Waals surface area contributed by atoms with E-state index >= 15 is 0 Å². The Morgan fingerprint density at radius 3 is 2.46 bits per heavy atom. The molecular formula is C20H21NO3. The number of methoxy groups -OCH3 is 1. The monoisotopic (exact) mass is 323 g/mol. The number of carbonyl (C=O) groups is 1. The van der Waals surface area contributed by atoms with E-state index in [1.54, 1.807) is 0 Å². The van der Waals surface area contributed by atoms with Gasteiger partial charge >= 0.3 is 5.97 Å². The number of aromatic nitrogens is 1. The van der Waals surface area contributed by atoms with Crippen LogP contribution in [0.15, 0.2) is 54.6 Å². The van der Waals surface area contributed by atoms with Gasteiger partial charge in [-0.2, -0.15) is 0 Å². The summed E-state index contributed by atoms with van der Waals surface area (Å²) < 4.78 is 12.8. The predicted molar refractivity (Wildman–Crippen MR) is 94.4 cm³/mol. The number of para-hydroxylation sites is 1. The summed E-state index contributed by atoms with van der Waals surface area (Å²) in [6, 6.07) is 18.5. The molecule has 0 amide bonds. The van der Waals surface area contributed by atoms with Crippen LogP contribution >= 0.6 is 0 Å². The van der Waals surface area contributed by atoms with Crippen molar-refractivity contribution in [3.63, 3.8) is 0 Å². The Hall–Kier alpha value is -2.75. The van der Waals surface area contributed by atoms with Gasteiger partial charge < -0.3 is 14.0 Å². The van der Waals surface area contributed by atoms with Crippen molar-refractivity contribution in [3.8, 4) is 5.75 Å². The number of benzene rings is 2. The number of ether oxygens (including phenoxy) is 2. The quantitative estimate of drug-likeness (QED) is 0.648. The molecule has 0 atom stereocenters. The first-order valence-electron chi connectivity index (χ1n) is 8.08. The SMILES string of the molecule is CCc1c(OCC(=O)OC)c2ccccc2n1Cc1ccccc1. The Bertz CT molecular complexity index is 837. The third-order valence-electron chi connectivity index (χ3n) is 4.11. The zero-order valence-electron chi connectivity index (χ0n) is 14.0. The van der Waals surface area contributed by atoms with Crippen LogP contribution in [0, 0.1) is 0 Å². The summed E-state index contributed by atoms with van der Waals surface area (Å²) in [5.74, 6) is 0.395. The second-order valence-corrected chi connectivity index (χ2v) is 5.58. The molecule has 0 radical (unpaired) electrons.